The summed E-state index contributed by atoms with van der Waals surface area (Å²) in [4.78, 5) is 2.09. The first-order valence-corrected chi connectivity index (χ1v) is 10.1. The zero-order valence-electron chi connectivity index (χ0n) is 15.6. The molecule has 7 nitrogen and oxygen atoms in total. The quantitative estimate of drug-likeness (QED) is 0.744. The van der Waals surface area contributed by atoms with Gasteiger partial charge < -0.3 is 4.90 Å². The topological polar surface area (TPSA) is 61.7 Å². The number of aryl methyl sites for hydroxylation is 1. The van der Waals surface area contributed by atoms with Crippen LogP contribution in [0.3, 0.4) is 0 Å². The van der Waals surface area contributed by atoms with Crippen molar-refractivity contribution in [3.8, 4) is 0 Å². The molecule has 24 heavy (non-hydrogen) atoms. The molecule has 0 aliphatic carbocycles. The maximum atomic E-state index is 13.0. The minimum absolute atomic E-state index is 0.161. The molecule has 0 N–H and O–H groups in total. The number of aromatic nitrogens is 2. The smallest absolute Gasteiger partial charge is 0.282 e. The monoisotopic (exact) mass is 357 g/mol. The zero-order valence-corrected chi connectivity index (χ0v) is 16.4. The van der Waals surface area contributed by atoms with Crippen molar-refractivity contribution in [2.75, 3.05) is 33.7 Å². The molecule has 2 heterocycles. The van der Waals surface area contributed by atoms with Crippen LogP contribution in [0.25, 0.3) is 0 Å². The number of hydrogen-bond donors (Lipinski definition) is 0. The largest absolute Gasteiger partial charge is 0.304 e. The first kappa shape index (κ1) is 19.4. The van der Waals surface area contributed by atoms with E-state index in [1.807, 2.05) is 39.7 Å². The van der Waals surface area contributed by atoms with E-state index in [-0.39, 0.29) is 6.04 Å². The van der Waals surface area contributed by atoms with Gasteiger partial charge in [0.05, 0.1) is 17.4 Å². The zero-order chi connectivity index (χ0) is 17.9. The van der Waals surface area contributed by atoms with E-state index in [0.29, 0.717) is 19.6 Å². The van der Waals surface area contributed by atoms with Crippen molar-refractivity contribution >= 4 is 10.2 Å². The second-order valence-corrected chi connectivity index (χ2v) is 8.52. The average molecular weight is 358 g/mol. The van der Waals surface area contributed by atoms with Crippen LogP contribution in [0.2, 0.25) is 0 Å². The SMILES string of the molecule is CCN(CC)S(=O)(=O)N1CCCC[C@H]1c1cc(CN(C)C)n(C)n1. The van der Waals surface area contributed by atoms with Crippen LogP contribution in [-0.4, -0.2) is 65.4 Å². The van der Waals surface area contributed by atoms with Gasteiger partial charge in [0, 0.05) is 33.2 Å². The number of rotatable bonds is 7. The van der Waals surface area contributed by atoms with Gasteiger partial charge in [-0.15, -0.1) is 0 Å². The van der Waals surface area contributed by atoms with Crippen LogP contribution >= 0.6 is 0 Å². The molecular formula is C16H31N5O2S. The molecule has 0 unspecified atom stereocenters. The van der Waals surface area contributed by atoms with Gasteiger partial charge in [-0.25, -0.2) is 0 Å². The summed E-state index contributed by atoms with van der Waals surface area (Å²) >= 11 is 0. The summed E-state index contributed by atoms with van der Waals surface area (Å²) in [6, 6.07) is 1.90. The van der Waals surface area contributed by atoms with Crippen molar-refractivity contribution in [2.24, 2.45) is 7.05 Å². The molecule has 1 aromatic rings. The molecule has 0 amide bonds. The van der Waals surface area contributed by atoms with Crippen LogP contribution in [0.5, 0.6) is 0 Å². The Morgan fingerprint density at radius 3 is 2.50 bits per heavy atom. The Kier molecular flexibility index (Phi) is 6.41. The Morgan fingerprint density at radius 1 is 1.25 bits per heavy atom. The molecule has 1 aliphatic heterocycles. The third-order valence-corrected chi connectivity index (χ3v) is 6.80. The van der Waals surface area contributed by atoms with Crippen LogP contribution in [-0.2, 0) is 23.8 Å². The summed E-state index contributed by atoms with van der Waals surface area (Å²) in [5.41, 5.74) is 1.96. The average Bonchev–Trinajstić information content (AvgIpc) is 2.88. The second-order valence-electron chi connectivity index (χ2n) is 6.64. The Hall–Kier alpha value is -0.960. The molecule has 138 valence electrons. The lowest BCUT2D eigenvalue weighted by Crippen LogP contribution is -2.47. The predicted octanol–water partition coefficient (Wildman–Crippen LogP) is 1.60. The van der Waals surface area contributed by atoms with Crippen molar-refractivity contribution in [2.45, 2.75) is 45.7 Å². The van der Waals surface area contributed by atoms with Gasteiger partial charge in [0.15, 0.2) is 0 Å². The molecular weight excluding hydrogens is 326 g/mol. The normalized spacial score (nSPS) is 20.2. The van der Waals surface area contributed by atoms with Gasteiger partial charge in [-0.2, -0.15) is 22.1 Å². The van der Waals surface area contributed by atoms with Gasteiger partial charge >= 0.3 is 0 Å². The fourth-order valence-electron chi connectivity index (χ4n) is 3.34. The summed E-state index contributed by atoms with van der Waals surface area (Å²) in [6.07, 6.45) is 2.78. The van der Waals surface area contributed by atoms with E-state index in [4.69, 9.17) is 0 Å². The molecule has 1 saturated heterocycles. The van der Waals surface area contributed by atoms with Gasteiger partial charge in [-0.1, -0.05) is 20.3 Å². The van der Waals surface area contributed by atoms with E-state index >= 15 is 0 Å². The third kappa shape index (κ3) is 3.99. The van der Waals surface area contributed by atoms with Gasteiger partial charge in [0.2, 0.25) is 0 Å². The molecule has 1 aliphatic rings. The standard InChI is InChI=1S/C16H31N5O2S/c1-6-20(7-2)24(22,23)21-11-9-8-10-16(21)15-12-14(13-18(3)4)19(5)17-15/h12,16H,6-11,13H2,1-5H3/t16-/m0/s1. The van der Waals surface area contributed by atoms with Gasteiger partial charge in [0.1, 0.15) is 0 Å². The van der Waals surface area contributed by atoms with Crippen molar-refractivity contribution in [1.29, 1.82) is 0 Å². The molecule has 1 aromatic heterocycles. The van der Waals surface area contributed by atoms with Crippen LogP contribution < -0.4 is 0 Å². The summed E-state index contributed by atoms with van der Waals surface area (Å²) in [5, 5.41) is 4.63. The molecule has 0 bridgehead atoms. The molecule has 0 radical (unpaired) electrons. The summed E-state index contributed by atoms with van der Waals surface area (Å²) in [6.45, 7) is 6.13. The van der Waals surface area contributed by atoms with Crippen LogP contribution in [0.15, 0.2) is 6.07 Å². The predicted molar refractivity (Wildman–Crippen MR) is 95.7 cm³/mol. The maximum absolute atomic E-state index is 13.0. The van der Waals surface area contributed by atoms with E-state index in [9.17, 15) is 8.42 Å². The highest BCUT2D eigenvalue weighted by atomic mass is 32.2. The minimum Gasteiger partial charge on any atom is -0.304 e. The van der Waals surface area contributed by atoms with Gasteiger partial charge in [-0.05, 0) is 33.0 Å². The molecule has 1 atom stereocenters. The molecule has 2 rings (SSSR count). The summed E-state index contributed by atoms with van der Waals surface area (Å²) < 4.78 is 31.1. The Bertz CT molecular complexity index is 637. The van der Waals surface area contributed by atoms with Gasteiger partial charge in [-0.3, -0.25) is 4.68 Å². The Balaban J connectivity index is 2.33. The number of nitrogens with zero attached hydrogens (tertiary/aromatic N) is 5. The molecule has 8 heteroatoms. The highest BCUT2D eigenvalue weighted by Gasteiger charge is 2.37. The Labute approximate surface area is 146 Å². The van der Waals surface area contributed by atoms with E-state index in [1.54, 1.807) is 4.31 Å². The Morgan fingerprint density at radius 2 is 1.92 bits per heavy atom. The molecule has 0 spiro atoms. The lowest BCUT2D eigenvalue weighted by atomic mass is 10.0. The second kappa shape index (κ2) is 7.95. The lowest BCUT2D eigenvalue weighted by molar-refractivity contribution is 0.231. The fourth-order valence-corrected chi connectivity index (χ4v) is 5.18. The molecule has 0 aromatic carbocycles. The van der Waals surface area contributed by atoms with E-state index < -0.39 is 10.2 Å². The minimum atomic E-state index is -3.44. The molecule has 1 fully saturated rings. The third-order valence-electron chi connectivity index (χ3n) is 4.60. The first-order chi connectivity index (χ1) is 11.3. The maximum Gasteiger partial charge on any atom is 0.282 e. The molecule has 0 saturated carbocycles. The van der Waals surface area contributed by atoms with Gasteiger partial charge in [0.25, 0.3) is 10.2 Å². The first-order valence-electron chi connectivity index (χ1n) is 8.75. The number of hydrogen-bond acceptors (Lipinski definition) is 4. The van der Waals surface area contributed by atoms with Crippen LogP contribution in [0.1, 0.15) is 50.5 Å². The van der Waals surface area contributed by atoms with Crippen LogP contribution in [0.4, 0.5) is 0 Å². The number of piperidine rings is 1. The van der Waals surface area contributed by atoms with E-state index in [1.165, 1.54) is 4.31 Å². The van der Waals surface area contributed by atoms with Crippen LogP contribution in [0, 0.1) is 0 Å². The highest BCUT2D eigenvalue weighted by molar-refractivity contribution is 7.86. The summed E-state index contributed by atoms with van der Waals surface area (Å²) in [7, 11) is 2.52. The highest BCUT2D eigenvalue weighted by Crippen LogP contribution is 2.33. The van der Waals surface area contributed by atoms with E-state index in [2.05, 4.69) is 16.1 Å². The van der Waals surface area contributed by atoms with Crippen molar-refractivity contribution < 1.29 is 8.42 Å². The van der Waals surface area contributed by atoms with Crippen molar-refractivity contribution in [3.63, 3.8) is 0 Å². The van der Waals surface area contributed by atoms with E-state index in [0.717, 1.165) is 37.2 Å². The van der Waals surface area contributed by atoms with Crippen molar-refractivity contribution in [1.82, 2.24) is 23.3 Å². The fraction of sp³-hybridized carbons (Fsp3) is 0.812. The summed E-state index contributed by atoms with van der Waals surface area (Å²) in [5.74, 6) is 0. The lowest BCUT2D eigenvalue weighted by Gasteiger charge is -2.36. The van der Waals surface area contributed by atoms with Crippen molar-refractivity contribution in [3.05, 3.63) is 17.5 Å².